The van der Waals surface area contributed by atoms with Crippen molar-refractivity contribution >= 4 is 5.57 Å². The highest BCUT2D eigenvalue weighted by Crippen LogP contribution is 2.49. The van der Waals surface area contributed by atoms with Gasteiger partial charge in [-0.3, -0.25) is 0 Å². The van der Waals surface area contributed by atoms with Crippen molar-refractivity contribution in [1.29, 1.82) is 0 Å². The first-order chi connectivity index (χ1) is 17.4. The molecular formula is C37H42. The van der Waals surface area contributed by atoms with Crippen molar-refractivity contribution in [3.8, 4) is 11.1 Å². The van der Waals surface area contributed by atoms with Gasteiger partial charge < -0.3 is 0 Å². The lowest BCUT2D eigenvalue weighted by molar-refractivity contribution is 0.582. The van der Waals surface area contributed by atoms with Crippen LogP contribution in [0.2, 0.25) is 0 Å². The van der Waals surface area contributed by atoms with Crippen LogP contribution < -0.4 is 0 Å². The Labute approximate surface area is 224 Å². The molecule has 0 amide bonds. The Morgan fingerprint density at radius 2 is 1.54 bits per heavy atom. The Morgan fingerprint density at radius 1 is 0.838 bits per heavy atom. The van der Waals surface area contributed by atoms with Gasteiger partial charge in [0.05, 0.1) is 0 Å². The molecule has 190 valence electrons. The highest BCUT2D eigenvalue weighted by Gasteiger charge is 2.33. The fourth-order valence-electron chi connectivity index (χ4n) is 6.64. The minimum atomic E-state index is 0.0229. The monoisotopic (exact) mass is 486 g/mol. The SMILES string of the molecule is CC(C)=CC(C)(C)c1ccc2c(c1)Cc1c-2ccc(C(C)(C)C)c1C1C=CC=C1c1ccc(C)cc1C. The van der Waals surface area contributed by atoms with Crippen molar-refractivity contribution in [2.45, 2.75) is 85.5 Å². The molecule has 0 heterocycles. The van der Waals surface area contributed by atoms with E-state index in [1.807, 2.05) is 0 Å². The maximum Gasteiger partial charge on any atom is 0.0284 e. The topological polar surface area (TPSA) is 0 Å². The maximum absolute atomic E-state index is 2.47. The zero-order chi connectivity index (χ0) is 26.7. The quantitative estimate of drug-likeness (QED) is 0.252. The van der Waals surface area contributed by atoms with Gasteiger partial charge in [0.15, 0.2) is 0 Å². The van der Waals surface area contributed by atoms with Crippen LogP contribution in [0.3, 0.4) is 0 Å². The lowest BCUT2D eigenvalue weighted by Gasteiger charge is -2.29. The second kappa shape index (κ2) is 9.02. The predicted molar refractivity (Wildman–Crippen MR) is 162 cm³/mol. The van der Waals surface area contributed by atoms with E-state index in [0.717, 1.165) is 6.42 Å². The van der Waals surface area contributed by atoms with Gasteiger partial charge >= 0.3 is 0 Å². The highest BCUT2D eigenvalue weighted by molar-refractivity contribution is 5.85. The minimum absolute atomic E-state index is 0.0229. The van der Waals surface area contributed by atoms with Crippen LogP contribution in [0.5, 0.6) is 0 Å². The Bertz CT molecular complexity index is 1470. The maximum atomic E-state index is 2.47. The summed E-state index contributed by atoms with van der Waals surface area (Å²) in [4.78, 5) is 0. The molecule has 2 aliphatic carbocycles. The van der Waals surface area contributed by atoms with E-state index in [2.05, 4.69) is 135 Å². The Balaban J connectivity index is 1.66. The summed E-state index contributed by atoms with van der Waals surface area (Å²) >= 11 is 0. The summed E-state index contributed by atoms with van der Waals surface area (Å²) < 4.78 is 0. The zero-order valence-corrected chi connectivity index (χ0v) is 24.2. The molecule has 0 N–H and O–H groups in total. The number of aryl methyl sites for hydroxylation is 2. The lowest BCUT2D eigenvalue weighted by atomic mass is 9.74. The van der Waals surface area contributed by atoms with Crippen LogP contribution in [0.15, 0.2) is 78.4 Å². The zero-order valence-electron chi connectivity index (χ0n) is 24.2. The van der Waals surface area contributed by atoms with Gasteiger partial charge in [-0.15, -0.1) is 0 Å². The molecule has 0 aromatic heterocycles. The summed E-state index contributed by atoms with van der Waals surface area (Å²) in [6, 6.07) is 18.9. The average Bonchev–Trinajstić information content (AvgIpc) is 3.41. The molecule has 5 rings (SSSR count). The Hall–Kier alpha value is -3.12. The molecule has 2 aliphatic rings. The summed E-state index contributed by atoms with van der Waals surface area (Å²) in [7, 11) is 0. The van der Waals surface area contributed by atoms with Crippen LogP contribution in [0.4, 0.5) is 0 Å². The van der Waals surface area contributed by atoms with E-state index in [9.17, 15) is 0 Å². The van der Waals surface area contributed by atoms with Gasteiger partial charge in [0.1, 0.15) is 0 Å². The normalized spacial score (nSPS) is 16.5. The van der Waals surface area contributed by atoms with Crippen LogP contribution >= 0.6 is 0 Å². The van der Waals surface area contributed by atoms with E-state index in [-0.39, 0.29) is 16.7 Å². The number of hydrogen-bond acceptors (Lipinski definition) is 0. The molecule has 0 radical (unpaired) electrons. The second-order valence-electron chi connectivity index (χ2n) is 13.1. The summed E-state index contributed by atoms with van der Waals surface area (Å²) in [6.07, 6.45) is 10.4. The molecule has 1 atom stereocenters. The van der Waals surface area contributed by atoms with Crippen molar-refractivity contribution in [3.05, 3.63) is 123 Å². The van der Waals surface area contributed by atoms with Crippen LogP contribution in [0.1, 0.15) is 98.9 Å². The first-order valence-corrected chi connectivity index (χ1v) is 13.8. The standard InChI is InChI=1S/C37H42/c1-23(2)22-37(8,9)27-14-16-29-26(20-27)21-33-31(29)17-18-34(36(5,6)7)35(33)32-12-10-11-30(32)28-15-13-24(3)19-25(28)4/h10-20,22,32H,21H2,1-9H3. The van der Waals surface area contributed by atoms with Gasteiger partial charge in [-0.05, 0) is 95.2 Å². The minimum Gasteiger partial charge on any atom is -0.0796 e. The van der Waals surface area contributed by atoms with Crippen molar-refractivity contribution in [3.63, 3.8) is 0 Å². The summed E-state index contributed by atoms with van der Waals surface area (Å²) in [5.41, 5.74) is 17.1. The number of allylic oxidation sites excluding steroid dienone is 6. The van der Waals surface area contributed by atoms with Crippen LogP contribution in [0, 0.1) is 13.8 Å². The predicted octanol–water partition coefficient (Wildman–Crippen LogP) is 10.2. The van der Waals surface area contributed by atoms with E-state index < -0.39 is 0 Å². The smallest absolute Gasteiger partial charge is 0.0284 e. The third-order valence-electron chi connectivity index (χ3n) is 8.24. The third-order valence-corrected chi connectivity index (χ3v) is 8.24. The number of fused-ring (bicyclic) bond motifs is 3. The Kier molecular flexibility index (Phi) is 6.22. The van der Waals surface area contributed by atoms with Crippen molar-refractivity contribution in [2.24, 2.45) is 0 Å². The van der Waals surface area contributed by atoms with Crippen LogP contribution in [-0.4, -0.2) is 0 Å². The van der Waals surface area contributed by atoms with E-state index in [1.165, 1.54) is 66.8 Å². The first kappa shape index (κ1) is 25.5. The van der Waals surface area contributed by atoms with Gasteiger partial charge in [0.2, 0.25) is 0 Å². The molecule has 0 heteroatoms. The molecule has 1 unspecified atom stereocenters. The van der Waals surface area contributed by atoms with E-state index in [0.29, 0.717) is 0 Å². The third kappa shape index (κ3) is 4.56. The van der Waals surface area contributed by atoms with Gasteiger partial charge in [0, 0.05) is 11.3 Å². The molecule has 0 fully saturated rings. The average molecular weight is 487 g/mol. The molecule has 0 saturated carbocycles. The van der Waals surface area contributed by atoms with E-state index >= 15 is 0 Å². The van der Waals surface area contributed by atoms with Crippen molar-refractivity contribution in [2.75, 3.05) is 0 Å². The fourth-order valence-corrected chi connectivity index (χ4v) is 6.64. The van der Waals surface area contributed by atoms with Gasteiger partial charge in [-0.1, -0.05) is 119 Å². The van der Waals surface area contributed by atoms with Gasteiger partial charge in [0.25, 0.3) is 0 Å². The highest BCUT2D eigenvalue weighted by atomic mass is 14.4. The molecule has 37 heavy (non-hydrogen) atoms. The lowest BCUT2D eigenvalue weighted by Crippen LogP contribution is -2.18. The summed E-state index contributed by atoms with van der Waals surface area (Å²) in [6.45, 7) is 20.6. The van der Waals surface area contributed by atoms with Crippen LogP contribution in [-0.2, 0) is 17.3 Å². The largest absolute Gasteiger partial charge is 0.0796 e. The van der Waals surface area contributed by atoms with Gasteiger partial charge in [-0.25, -0.2) is 0 Å². The number of benzene rings is 3. The number of hydrogen-bond donors (Lipinski definition) is 0. The molecule has 0 nitrogen and oxygen atoms in total. The van der Waals surface area contributed by atoms with E-state index in [4.69, 9.17) is 0 Å². The molecule has 3 aromatic carbocycles. The first-order valence-electron chi connectivity index (χ1n) is 13.8. The second-order valence-corrected chi connectivity index (χ2v) is 13.1. The summed E-state index contributed by atoms with van der Waals surface area (Å²) in [5.74, 6) is 0.279. The fraction of sp³-hybridized carbons (Fsp3) is 0.351. The molecule has 3 aromatic rings. The van der Waals surface area contributed by atoms with Crippen molar-refractivity contribution < 1.29 is 0 Å². The molecule has 0 bridgehead atoms. The summed E-state index contributed by atoms with van der Waals surface area (Å²) in [5, 5.41) is 0. The molecular weight excluding hydrogens is 444 g/mol. The molecule has 0 aliphatic heterocycles. The number of rotatable bonds is 4. The van der Waals surface area contributed by atoms with E-state index in [1.54, 1.807) is 0 Å². The molecule has 0 spiro atoms. The van der Waals surface area contributed by atoms with Crippen molar-refractivity contribution in [1.82, 2.24) is 0 Å². The Morgan fingerprint density at radius 3 is 2.22 bits per heavy atom. The molecule has 0 saturated heterocycles. The van der Waals surface area contributed by atoms with Crippen LogP contribution in [0.25, 0.3) is 16.7 Å². The van der Waals surface area contributed by atoms with Gasteiger partial charge in [-0.2, -0.15) is 0 Å².